The second kappa shape index (κ2) is 32.3. The van der Waals surface area contributed by atoms with Crippen LogP contribution in [0.2, 0.25) is 0 Å². The topological polar surface area (TPSA) is 27.7 Å². The Bertz CT molecular complexity index is 408. The molecule has 0 radical (unpaired) electrons. The Labute approximate surface area is 259 Å². The zero-order chi connectivity index (χ0) is 29.5. The fourth-order valence-electron chi connectivity index (χ4n) is 5.57. The quantitative estimate of drug-likeness (QED) is 0.0569. The average molecular weight is 583 g/mol. The van der Waals surface area contributed by atoms with Gasteiger partial charge in [-0.25, -0.2) is 0 Å². The number of hydrogen-bond donors (Lipinski definition) is 0. The summed E-state index contributed by atoms with van der Waals surface area (Å²) in [7, 11) is 0. The van der Waals surface area contributed by atoms with Crippen molar-refractivity contribution >= 4 is 15.1 Å². The molecule has 0 heterocycles. The Hall–Kier alpha value is 0.412. The smallest absolute Gasteiger partial charge is 0.452 e. The minimum absolute atomic E-state index is 0.238. The Morgan fingerprint density at radius 3 is 0.750 bits per heavy atom. The summed E-state index contributed by atoms with van der Waals surface area (Å²) in [5.74, 6) is 0. The second-order valence-electron chi connectivity index (χ2n) is 12.9. The molecule has 0 amide bonds. The standard InChI is InChI=1S/3C12H25O.Al/c3*1-3-4-5-6-7-8-9-10-11-12(2)13;/h3*12H,3-11H2,1-2H3;/q3*-1;+3. The van der Waals surface area contributed by atoms with Crippen LogP contribution in [0.3, 0.4) is 0 Å². The molecule has 3 atom stereocenters. The fraction of sp³-hybridized carbons (Fsp3) is 1.00. The first-order valence-corrected chi connectivity index (χ1v) is 19.9. The molecule has 0 rings (SSSR count). The molecule has 240 valence electrons. The lowest BCUT2D eigenvalue weighted by molar-refractivity contribution is 0.0133. The Morgan fingerprint density at radius 1 is 0.325 bits per heavy atom. The summed E-state index contributed by atoms with van der Waals surface area (Å²) in [6, 6.07) is 0. The first kappa shape index (κ1) is 40.4. The van der Waals surface area contributed by atoms with Crippen molar-refractivity contribution in [2.45, 2.75) is 233 Å². The van der Waals surface area contributed by atoms with Gasteiger partial charge in [0.05, 0.1) is 0 Å². The third-order valence-corrected chi connectivity index (χ3v) is 10.5. The van der Waals surface area contributed by atoms with E-state index >= 15 is 0 Å². The van der Waals surface area contributed by atoms with Gasteiger partial charge in [0.1, 0.15) is 0 Å². The van der Waals surface area contributed by atoms with E-state index in [0.29, 0.717) is 0 Å². The van der Waals surface area contributed by atoms with E-state index in [9.17, 15) is 0 Å². The minimum atomic E-state index is -2.14. The van der Waals surface area contributed by atoms with Crippen LogP contribution < -0.4 is 0 Å². The summed E-state index contributed by atoms with van der Waals surface area (Å²) < 4.78 is 19.5. The van der Waals surface area contributed by atoms with E-state index in [0.717, 1.165) is 19.3 Å². The van der Waals surface area contributed by atoms with Crippen LogP contribution in [0.5, 0.6) is 0 Å². The number of rotatable bonds is 33. The van der Waals surface area contributed by atoms with Gasteiger partial charge in [-0.3, -0.25) is 0 Å². The molecule has 0 aromatic rings. The predicted octanol–water partition coefficient (Wildman–Crippen LogP) is 12.8. The van der Waals surface area contributed by atoms with Gasteiger partial charge >= 0.3 is 15.1 Å². The van der Waals surface area contributed by atoms with Gasteiger partial charge < -0.3 is 11.4 Å². The van der Waals surface area contributed by atoms with Gasteiger partial charge in [-0.2, -0.15) is 0 Å². The maximum absolute atomic E-state index is 6.51. The molecular formula is C36H75AlO3. The van der Waals surface area contributed by atoms with E-state index in [1.165, 1.54) is 154 Å². The molecule has 0 spiro atoms. The molecule has 3 nitrogen and oxygen atoms in total. The highest BCUT2D eigenvalue weighted by atomic mass is 27.3. The molecule has 0 saturated heterocycles. The summed E-state index contributed by atoms with van der Waals surface area (Å²) in [6.07, 6.45) is 36.8. The summed E-state index contributed by atoms with van der Waals surface area (Å²) in [4.78, 5) is 0. The van der Waals surface area contributed by atoms with Crippen molar-refractivity contribution in [3.63, 3.8) is 0 Å². The zero-order valence-corrected chi connectivity index (χ0v) is 29.8. The summed E-state index contributed by atoms with van der Waals surface area (Å²) in [5.41, 5.74) is 0. The van der Waals surface area contributed by atoms with Gasteiger partial charge in [0.25, 0.3) is 0 Å². The fourth-order valence-corrected chi connectivity index (χ4v) is 7.31. The Balaban J connectivity index is 4.36. The van der Waals surface area contributed by atoms with Crippen molar-refractivity contribution in [2.24, 2.45) is 0 Å². The summed E-state index contributed by atoms with van der Waals surface area (Å²) in [6.45, 7) is 13.6. The Kier molecular flexibility index (Phi) is 32.7. The largest absolute Gasteiger partial charge is 0.906 e. The van der Waals surface area contributed by atoms with Crippen molar-refractivity contribution in [1.29, 1.82) is 0 Å². The van der Waals surface area contributed by atoms with E-state index < -0.39 is 15.1 Å². The van der Waals surface area contributed by atoms with E-state index in [1.807, 2.05) is 0 Å². The van der Waals surface area contributed by atoms with Gasteiger partial charge in [-0.05, 0) is 40.0 Å². The molecule has 0 bridgehead atoms. The molecule has 0 aromatic heterocycles. The maximum Gasteiger partial charge on any atom is 0.906 e. The van der Waals surface area contributed by atoms with E-state index in [1.54, 1.807) is 0 Å². The highest BCUT2D eigenvalue weighted by Gasteiger charge is 2.36. The molecular weight excluding hydrogens is 507 g/mol. The molecule has 0 aliphatic heterocycles. The van der Waals surface area contributed by atoms with Gasteiger partial charge in [0, 0.05) is 18.3 Å². The van der Waals surface area contributed by atoms with Crippen molar-refractivity contribution in [3.8, 4) is 0 Å². The third kappa shape index (κ3) is 29.9. The van der Waals surface area contributed by atoms with E-state index in [-0.39, 0.29) is 18.3 Å². The van der Waals surface area contributed by atoms with Crippen molar-refractivity contribution in [1.82, 2.24) is 0 Å². The first-order valence-electron chi connectivity index (χ1n) is 18.5. The van der Waals surface area contributed by atoms with Crippen LogP contribution in [0.1, 0.15) is 215 Å². The number of hydrogen-bond acceptors (Lipinski definition) is 3. The van der Waals surface area contributed by atoms with Crippen LogP contribution in [0, 0.1) is 0 Å². The number of unbranched alkanes of at least 4 members (excludes halogenated alkanes) is 21. The van der Waals surface area contributed by atoms with Crippen LogP contribution in [0.25, 0.3) is 0 Å². The lowest BCUT2D eigenvalue weighted by Crippen LogP contribution is -2.37. The van der Waals surface area contributed by atoms with Crippen molar-refractivity contribution in [2.75, 3.05) is 0 Å². The molecule has 0 aliphatic carbocycles. The van der Waals surface area contributed by atoms with Crippen molar-refractivity contribution in [3.05, 3.63) is 0 Å². The highest BCUT2D eigenvalue weighted by molar-refractivity contribution is 6.36. The molecule has 0 N–H and O–H groups in total. The van der Waals surface area contributed by atoms with Crippen LogP contribution >= 0.6 is 0 Å². The lowest BCUT2D eigenvalue weighted by atomic mass is 10.1. The second-order valence-corrected chi connectivity index (χ2v) is 14.3. The SMILES string of the molecule is CCCCCCCCCCC(C)[O][Al]([O]C(C)CCCCCCCCCC)[O]C(C)CCCCCCCCCC. The monoisotopic (exact) mass is 583 g/mol. The third-order valence-electron chi connectivity index (χ3n) is 8.42. The van der Waals surface area contributed by atoms with Crippen LogP contribution in [0.15, 0.2) is 0 Å². The molecule has 0 saturated carbocycles. The normalized spacial score (nSPS) is 13.9. The van der Waals surface area contributed by atoms with Crippen LogP contribution in [-0.2, 0) is 11.4 Å². The minimum Gasteiger partial charge on any atom is -0.452 e. The molecule has 3 unspecified atom stereocenters. The summed E-state index contributed by atoms with van der Waals surface area (Å²) >= 11 is -2.14. The first-order chi connectivity index (χ1) is 19.5. The van der Waals surface area contributed by atoms with Gasteiger partial charge in [-0.15, -0.1) is 0 Å². The van der Waals surface area contributed by atoms with E-state index in [2.05, 4.69) is 41.5 Å². The van der Waals surface area contributed by atoms with Crippen LogP contribution in [0.4, 0.5) is 0 Å². The molecule has 40 heavy (non-hydrogen) atoms. The average Bonchev–Trinajstić information content (AvgIpc) is 2.93. The lowest BCUT2D eigenvalue weighted by Gasteiger charge is -2.25. The molecule has 0 aromatic carbocycles. The summed E-state index contributed by atoms with van der Waals surface area (Å²) in [5, 5.41) is 0. The molecule has 0 fully saturated rings. The van der Waals surface area contributed by atoms with Gasteiger partial charge in [0.15, 0.2) is 0 Å². The zero-order valence-electron chi connectivity index (χ0n) is 28.6. The maximum atomic E-state index is 6.51. The van der Waals surface area contributed by atoms with Crippen LogP contribution in [-0.4, -0.2) is 33.5 Å². The van der Waals surface area contributed by atoms with Crippen molar-refractivity contribution < 1.29 is 11.4 Å². The highest BCUT2D eigenvalue weighted by Crippen LogP contribution is 2.18. The van der Waals surface area contributed by atoms with Gasteiger partial charge in [0.2, 0.25) is 0 Å². The van der Waals surface area contributed by atoms with Gasteiger partial charge in [-0.1, -0.05) is 175 Å². The molecule has 4 heteroatoms. The predicted molar refractivity (Wildman–Crippen MR) is 179 cm³/mol. The van der Waals surface area contributed by atoms with E-state index in [4.69, 9.17) is 11.4 Å². The Morgan fingerprint density at radius 2 is 0.525 bits per heavy atom. The molecule has 0 aliphatic rings.